The van der Waals surface area contributed by atoms with Crippen LogP contribution in [0.2, 0.25) is 0 Å². The van der Waals surface area contributed by atoms with Gasteiger partial charge in [0, 0.05) is 56.5 Å². The van der Waals surface area contributed by atoms with Crippen LogP contribution < -0.4 is 15.4 Å². The number of hydrogen-bond acceptors (Lipinski definition) is 5. The van der Waals surface area contributed by atoms with E-state index in [1.54, 1.807) is 9.80 Å². The van der Waals surface area contributed by atoms with Crippen LogP contribution in [0.1, 0.15) is 77.6 Å². The fourth-order valence-corrected chi connectivity index (χ4v) is 5.90. The van der Waals surface area contributed by atoms with Crippen molar-refractivity contribution in [1.29, 1.82) is 0 Å². The van der Waals surface area contributed by atoms with Crippen LogP contribution in [0.25, 0.3) is 0 Å². The molecule has 1 aliphatic carbocycles. The Bertz CT molecular complexity index is 1220. The lowest BCUT2D eigenvalue weighted by Crippen LogP contribution is -2.50. The third-order valence-corrected chi connectivity index (χ3v) is 7.93. The predicted molar refractivity (Wildman–Crippen MR) is 147 cm³/mol. The molecule has 1 saturated carbocycles. The molecule has 0 aromatic heterocycles. The zero-order chi connectivity index (χ0) is 27.4. The second kappa shape index (κ2) is 12.2. The van der Waals surface area contributed by atoms with Crippen LogP contribution in [0.5, 0.6) is 5.75 Å². The summed E-state index contributed by atoms with van der Waals surface area (Å²) in [4.78, 5) is 41.3. The number of hydrogen-bond donors (Lipinski definition) is 2. The van der Waals surface area contributed by atoms with E-state index in [0.29, 0.717) is 37.7 Å². The van der Waals surface area contributed by atoms with Gasteiger partial charge in [-0.2, -0.15) is 0 Å². The number of ether oxygens (including phenoxy) is 1. The summed E-state index contributed by atoms with van der Waals surface area (Å²) >= 11 is 0. The van der Waals surface area contributed by atoms with E-state index in [-0.39, 0.29) is 35.1 Å². The number of anilines is 1. The molecule has 5 rings (SSSR count). The Morgan fingerprint density at radius 1 is 0.897 bits per heavy atom. The molecule has 208 valence electrons. The van der Waals surface area contributed by atoms with Gasteiger partial charge in [0.1, 0.15) is 17.7 Å². The van der Waals surface area contributed by atoms with E-state index in [4.69, 9.17) is 4.74 Å². The van der Waals surface area contributed by atoms with Crippen LogP contribution in [0, 0.1) is 5.82 Å². The monoisotopic (exact) mass is 536 g/mol. The molecule has 2 aromatic rings. The standard InChI is InChI=1S/C30H37FN4O4/c1-20(36)33-25-16-23(15-24(31)18-25)30(38)35-13-11-34(12-14-35)29(37)22-7-8-28(39-26-9-10-32-19-26)27(17-22)21-5-3-2-4-6-21/h7-8,15-18,21,26,32H,2-6,9-14,19H2,1H3,(H,33,36)/t26-/m0/s1. The average molecular weight is 537 g/mol. The Morgan fingerprint density at radius 3 is 2.23 bits per heavy atom. The van der Waals surface area contributed by atoms with Gasteiger partial charge in [0.25, 0.3) is 11.8 Å². The first-order valence-corrected chi connectivity index (χ1v) is 14.1. The molecule has 39 heavy (non-hydrogen) atoms. The molecule has 0 bridgehead atoms. The molecule has 8 nitrogen and oxygen atoms in total. The Kier molecular flexibility index (Phi) is 8.45. The molecule has 3 fully saturated rings. The molecule has 0 unspecified atom stereocenters. The maximum atomic E-state index is 14.1. The second-order valence-electron chi connectivity index (χ2n) is 10.8. The molecule has 2 N–H and O–H groups in total. The average Bonchev–Trinajstić information content (AvgIpc) is 3.45. The van der Waals surface area contributed by atoms with Crippen LogP contribution in [-0.4, -0.2) is 72.9 Å². The highest BCUT2D eigenvalue weighted by atomic mass is 19.1. The molecule has 0 spiro atoms. The lowest BCUT2D eigenvalue weighted by atomic mass is 9.83. The maximum Gasteiger partial charge on any atom is 0.254 e. The van der Waals surface area contributed by atoms with Gasteiger partial charge in [-0.1, -0.05) is 19.3 Å². The zero-order valence-electron chi connectivity index (χ0n) is 22.5. The SMILES string of the molecule is CC(=O)Nc1cc(F)cc(C(=O)N2CCN(C(=O)c3ccc(O[C@H]4CCNC4)c(C4CCCCC4)c3)CC2)c1. The molecule has 2 heterocycles. The molecule has 3 aliphatic rings. The Labute approximate surface area is 228 Å². The summed E-state index contributed by atoms with van der Waals surface area (Å²) < 4.78 is 20.5. The summed E-state index contributed by atoms with van der Waals surface area (Å²) in [5, 5.41) is 5.87. The highest BCUT2D eigenvalue weighted by Gasteiger charge is 2.28. The van der Waals surface area contributed by atoms with Crippen molar-refractivity contribution in [3.8, 4) is 5.75 Å². The van der Waals surface area contributed by atoms with E-state index in [1.165, 1.54) is 44.4 Å². The van der Waals surface area contributed by atoms with Crippen LogP contribution in [-0.2, 0) is 4.79 Å². The maximum absolute atomic E-state index is 14.1. The topological polar surface area (TPSA) is 91.0 Å². The number of benzene rings is 2. The van der Waals surface area contributed by atoms with E-state index in [0.717, 1.165) is 43.7 Å². The van der Waals surface area contributed by atoms with E-state index in [9.17, 15) is 18.8 Å². The van der Waals surface area contributed by atoms with Crippen LogP contribution in [0.15, 0.2) is 36.4 Å². The van der Waals surface area contributed by atoms with E-state index >= 15 is 0 Å². The second-order valence-corrected chi connectivity index (χ2v) is 10.8. The van der Waals surface area contributed by atoms with Crippen molar-refractivity contribution < 1.29 is 23.5 Å². The number of rotatable bonds is 6. The summed E-state index contributed by atoms with van der Waals surface area (Å²) in [6.07, 6.45) is 7.01. The van der Waals surface area contributed by atoms with Gasteiger partial charge in [-0.3, -0.25) is 14.4 Å². The summed E-state index contributed by atoms with van der Waals surface area (Å²) in [5.41, 5.74) is 2.20. The fourth-order valence-electron chi connectivity index (χ4n) is 5.90. The van der Waals surface area contributed by atoms with Crippen molar-refractivity contribution in [1.82, 2.24) is 15.1 Å². The minimum absolute atomic E-state index is 0.0491. The largest absolute Gasteiger partial charge is 0.489 e. The molecule has 2 aliphatic heterocycles. The molecule has 2 aromatic carbocycles. The van der Waals surface area contributed by atoms with Crippen LogP contribution >= 0.6 is 0 Å². The minimum atomic E-state index is -0.594. The first-order chi connectivity index (χ1) is 18.9. The van der Waals surface area contributed by atoms with Gasteiger partial charge in [-0.05, 0) is 73.7 Å². The first kappa shape index (κ1) is 27.1. The van der Waals surface area contributed by atoms with Crippen LogP contribution in [0.3, 0.4) is 0 Å². The predicted octanol–water partition coefficient (Wildman–Crippen LogP) is 4.17. The van der Waals surface area contributed by atoms with Crippen molar-refractivity contribution >= 4 is 23.4 Å². The highest BCUT2D eigenvalue weighted by Crippen LogP contribution is 2.39. The Balaban J connectivity index is 1.26. The molecule has 1 atom stereocenters. The first-order valence-electron chi connectivity index (χ1n) is 14.1. The van der Waals surface area contributed by atoms with Gasteiger partial charge in [0.05, 0.1) is 0 Å². The van der Waals surface area contributed by atoms with Gasteiger partial charge < -0.3 is 25.2 Å². The molecular formula is C30H37FN4O4. The zero-order valence-corrected chi connectivity index (χ0v) is 22.5. The van der Waals surface area contributed by atoms with Gasteiger partial charge in [-0.15, -0.1) is 0 Å². The third kappa shape index (κ3) is 6.58. The van der Waals surface area contributed by atoms with Gasteiger partial charge in [-0.25, -0.2) is 4.39 Å². The quantitative estimate of drug-likeness (QED) is 0.578. The summed E-state index contributed by atoms with van der Waals surface area (Å²) in [5.74, 6) is -0.00498. The van der Waals surface area contributed by atoms with E-state index < -0.39 is 5.82 Å². The Hall–Kier alpha value is -3.46. The number of halogens is 1. The number of nitrogens with zero attached hydrogens (tertiary/aromatic N) is 2. The fraction of sp³-hybridized carbons (Fsp3) is 0.500. The molecule has 9 heteroatoms. The van der Waals surface area contributed by atoms with Crippen molar-refractivity contribution in [3.63, 3.8) is 0 Å². The number of nitrogens with one attached hydrogen (secondary N) is 2. The molecule has 2 saturated heterocycles. The third-order valence-electron chi connectivity index (χ3n) is 7.93. The molecular weight excluding hydrogens is 499 g/mol. The number of carbonyl (C=O) groups excluding carboxylic acids is 3. The van der Waals surface area contributed by atoms with Gasteiger partial charge >= 0.3 is 0 Å². The highest BCUT2D eigenvalue weighted by molar-refractivity contribution is 5.98. The van der Waals surface area contributed by atoms with Crippen LogP contribution in [0.4, 0.5) is 10.1 Å². The van der Waals surface area contributed by atoms with E-state index in [1.807, 2.05) is 18.2 Å². The van der Waals surface area contributed by atoms with Crippen molar-refractivity contribution in [2.24, 2.45) is 0 Å². The molecule has 0 radical (unpaired) electrons. The van der Waals surface area contributed by atoms with Gasteiger partial charge in [0.15, 0.2) is 0 Å². The number of amides is 3. The summed E-state index contributed by atoms with van der Waals surface area (Å²) in [6, 6.07) is 9.68. The van der Waals surface area contributed by atoms with Crippen molar-refractivity contribution in [2.75, 3.05) is 44.6 Å². The van der Waals surface area contributed by atoms with Gasteiger partial charge in [0.2, 0.25) is 5.91 Å². The normalized spacial score (nSPS) is 20.1. The minimum Gasteiger partial charge on any atom is -0.489 e. The van der Waals surface area contributed by atoms with Crippen molar-refractivity contribution in [2.45, 2.75) is 57.5 Å². The lowest BCUT2D eigenvalue weighted by molar-refractivity contribution is -0.114. The smallest absolute Gasteiger partial charge is 0.254 e. The number of carbonyl (C=O) groups is 3. The summed E-state index contributed by atoms with van der Waals surface area (Å²) in [7, 11) is 0. The lowest BCUT2D eigenvalue weighted by Gasteiger charge is -2.35. The number of piperazine rings is 1. The van der Waals surface area contributed by atoms with E-state index in [2.05, 4.69) is 10.6 Å². The molecule has 3 amide bonds. The van der Waals surface area contributed by atoms with Crippen molar-refractivity contribution in [3.05, 3.63) is 58.9 Å². The Morgan fingerprint density at radius 2 is 1.59 bits per heavy atom. The summed E-state index contributed by atoms with van der Waals surface area (Å²) in [6.45, 7) is 4.62.